The molecule has 0 fully saturated rings. The van der Waals surface area contributed by atoms with Gasteiger partial charge in [0.25, 0.3) is 0 Å². The first-order valence-electron chi connectivity index (χ1n) is 5.64. The van der Waals surface area contributed by atoms with Crippen molar-refractivity contribution < 1.29 is 14.0 Å². The molecule has 17 heavy (non-hydrogen) atoms. The zero-order valence-electron chi connectivity index (χ0n) is 10.6. The molecule has 0 aliphatic rings. The van der Waals surface area contributed by atoms with E-state index in [1.807, 2.05) is 6.92 Å². The first-order chi connectivity index (χ1) is 7.84. The summed E-state index contributed by atoms with van der Waals surface area (Å²) in [5.41, 5.74) is 2.00. The van der Waals surface area contributed by atoms with Gasteiger partial charge >= 0.3 is 0 Å². The van der Waals surface area contributed by atoms with Gasteiger partial charge in [-0.1, -0.05) is 37.6 Å². The Morgan fingerprint density at radius 1 is 1.18 bits per heavy atom. The molecule has 0 aliphatic heterocycles. The topological polar surface area (TPSA) is 34.1 Å². The molecule has 0 N–H and O–H groups in total. The van der Waals surface area contributed by atoms with E-state index in [1.165, 1.54) is 0 Å². The maximum Gasteiger partial charge on any atom is 0.221 e. The van der Waals surface area contributed by atoms with Crippen LogP contribution in [0.4, 0.5) is 4.39 Å². The van der Waals surface area contributed by atoms with E-state index >= 15 is 0 Å². The fourth-order valence-electron chi connectivity index (χ4n) is 1.65. The number of hydrogen-bond acceptors (Lipinski definition) is 2. The molecule has 1 unspecified atom stereocenters. The average molecular weight is 236 g/mol. The molecular formula is C14H17FO2. The molecular weight excluding hydrogens is 219 g/mol. The first kappa shape index (κ1) is 13.6. The Balaban J connectivity index is 3.01. The maximum absolute atomic E-state index is 13.7. The van der Waals surface area contributed by atoms with Crippen LogP contribution >= 0.6 is 0 Å². The number of Topliss-reactive ketones (excluding diaryl/α,β-unsaturated/α-hetero) is 2. The van der Waals surface area contributed by atoms with Gasteiger partial charge in [-0.2, -0.15) is 0 Å². The Morgan fingerprint density at radius 3 is 2.24 bits per heavy atom. The lowest BCUT2D eigenvalue weighted by molar-refractivity contribution is -0.125. The fraction of sp³-hybridized carbons (Fsp3) is 0.429. The molecule has 0 saturated carbocycles. The molecule has 0 aliphatic carbocycles. The van der Waals surface area contributed by atoms with Crippen molar-refractivity contribution in [2.75, 3.05) is 0 Å². The van der Waals surface area contributed by atoms with Crippen LogP contribution in [0, 0.1) is 19.8 Å². The molecule has 0 bridgehead atoms. The number of ketones is 2. The summed E-state index contributed by atoms with van der Waals surface area (Å²) in [5.74, 6) is -1.86. The van der Waals surface area contributed by atoms with E-state index in [4.69, 9.17) is 0 Å². The number of benzene rings is 1. The minimum absolute atomic E-state index is 0.289. The van der Waals surface area contributed by atoms with Crippen LogP contribution in [0.25, 0.3) is 0 Å². The molecule has 0 amide bonds. The summed E-state index contributed by atoms with van der Waals surface area (Å²) < 4.78 is 13.7. The van der Waals surface area contributed by atoms with Crippen molar-refractivity contribution in [2.45, 2.75) is 33.9 Å². The van der Waals surface area contributed by atoms with E-state index < -0.39 is 23.7 Å². The highest BCUT2D eigenvalue weighted by atomic mass is 19.1. The largest absolute Gasteiger partial charge is 0.296 e. The molecule has 0 heterocycles. The molecule has 1 atom stereocenters. The summed E-state index contributed by atoms with van der Waals surface area (Å²) in [4.78, 5) is 23.3. The predicted octanol–water partition coefficient (Wildman–Crippen LogP) is 3.05. The second kappa shape index (κ2) is 5.21. The predicted molar refractivity (Wildman–Crippen MR) is 65.0 cm³/mol. The van der Waals surface area contributed by atoms with E-state index in [1.54, 1.807) is 39.0 Å². The highest BCUT2D eigenvalue weighted by Crippen LogP contribution is 2.16. The molecule has 1 aromatic rings. The summed E-state index contributed by atoms with van der Waals surface area (Å²) in [6, 6.07) is 5.12. The molecule has 92 valence electrons. The normalized spacial score (nSPS) is 12.6. The monoisotopic (exact) mass is 236 g/mol. The van der Waals surface area contributed by atoms with Gasteiger partial charge in [0.2, 0.25) is 12.0 Å². The van der Waals surface area contributed by atoms with E-state index in [0.29, 0.717) is 5.56 Å². The summed E-state index contributed by atoms with van der Waals surface area (Å²) in [6.07, 6.45) is -2.04. The quantitative estimate of drug-likeness (QED) is 0.594. The van der Waals surface area contributed by atoms with Gasteiger partial charge in [0.05, 0.1) is 0 Å². The standard InChI is InChI=1S/C14H17FO2/c1-8(2)13(16)12(15)14(17)11-6-5-9(3)7-10(11)4/h5-8,12H,1-4H3. The van der Waals surface area contributed by atoms with Gasteiger partial charge in [-0.25, -0.2) is 4.39 Å². The second-order valence-electron chi connectivity index (χ2n) is 4.60. The number of carbonyl (C=O) groups excluding carboxylic acids is 2. The Labute approximate surface area is 101 Å². The first-order valence-corrected chi connectivity index (χ1v) is 5.64. The summed E-state index contributed by atoms with van der Waals surface area (Å²) >= 11 is 0. The van der Waals surface area contributed by atoms with Gasteiger partial charge < -0.3 is 0 Å². The summed E-state index contributed by atoms with van der Waals surface area (Å²) in [7, 11) is 0. The van der Waals surface area contributed by atoms with Crippen molar-refractivity contribution in [3.05, 3.63) is 34.9 Å². The zero-order valence-corrected chi connectivity index (χ0v) is 10.6. The van der Waals surface area contributed by atoms with E-state index in [-0.39, 0.29) is 5.56 Å². The minimum Gasteiger partial charge on any atom is -0.296 e. The van der Waals surface area contributed by atoms with Crippen molar-refractivity contribution >= 4 is 11.6 Å². The zero-order chi connectivity index (χ0) is 13.2. The second-order valence-corrected chi connectivity index (χ2v) is 4.60. The molecule has 1 aromatic carbocycles. The number of alkyl halides is 1. The SMILES string of the molecule is Cc1ccc(C(=O)C(F)C(=O)C(C)C)c(C)c1. The fourth-order valence-corrected chi connectivity index (χ4v) is 1.65. The number of carbonyl (C=O) groups is 2. The lowest BCUT2D eigenvalue weighted by atomic mass is 9.95. The van der Waals surface area contributed by atoms with Gasteiger partial charge in [0, 0.05) is 11.5 Å². The van der Waals surface area contributed by atoms with Crippen LogP contribution in [0.3, 0.4) is 0 Å². The minimum atomic E-state index is -2.04. The Bertz CT molecular complexity index is 450. The van der Waals surface area contributed by atoms with Crippen molar-refractivity contribution in [3.63, 3.8) is 0 Å². The third kappa shape index (κ3) is 2.99. The van der Waals surface area contributed by atoms with Gasteiger partial charge in [0.15, 0.2) is 5.78 Å². The lowest BCUT2D eigenvalue weighted by Gasteiger charge is -2.11. The molecule has 0 spiro atoms. The van der Waals surface area contributed by atoms with Gasteiger partial charge in [-0.15, -0.1) is 0 Å². The Kier molecular flexibility index (Phi) is 4.16. The third-order valence-electron chi connectivity index (χ3n) is 2.70. The molecule has 2 nitrogen and oxygen atoms in total. The molecule has 3 heteroatoms. The van der Waals surface area contributed by atoms with Gasteiger partial charge in [-0.3, -0.25) is 9.59 Å². The average Bonchev–Trinajstić information content (AvgIpc) is 2.26. The van der Waals surface area contributed by atoms with Crippen molar-refractivity contribution in [3.8, 4) is 0 Å². The lowest BCUT2D eigenvalue weighted by Crippen LogP contribution is -2.29. The van der Waals surface area contributed by atoms with Crippen LogP contribution in [0.5, 0.6) is 0 Å². The molecule has 0 radical (unpaired) electrons. The van der Waals surface area contributed by atoms with E-state index in [0.717, 1.165) is 5.56 Å². The van der Waals surface area contributed by atoms with Crippen molar-refractivity contribution in [1.82, 2.24) is 0 Å². The van der Waals surface area contributed by atoms with Gasteiger partial charge in [0.1, 0.15) is 0 Å². The molecule has 0 saturated heterocycles. The van der Waals surface area contributed by atoms with Crippen molar-refractivity contribution in [2.24, 2.45) is 5.92 Å². The third-order valence-corrected chi connectivity index (χ3v) is 2.70. The van der Waals surface area contributed by atoms with Crippen molar-refractivity contribution in [1.29, 1.82) is 0 Å². The Hall–Kier alpha value is -1.51. The smallest absolute Gasteiger partial charge is 0.221 e. The molecule has 1 rings (SSSR count). The number of hydrogen-bond donors (Lipinski definition) is 0. The van der Waals surface area contributed by atoms with Crippen LogP contribution in [0.1, 0.15) is 35.3 Å². The van der Waals surface area contributed by atoms with E-state index in [9.17, 15) is 14.0 Å². The van der Waals surface area contributed by atoms with Crippen LogP contribution < -0.4 is 0 Å². The van der Waals surface area contributed by atoms with Crippen LogP contribution in [-0.2, 0) is 4.79 Å². The molecule has 0 aromatic heterocycles. The van der Waals surface area contributed by atoms with E-state index in [2.05, 4.69) is 0 Å². The summed E-state index contributed by atoms with van der Waals surface area (Å²) in [6.45, 7) is 6.81. The van der Waals surface area contributed by atoms with Gasteiger partial charge in [-0.05, 0) is 19.4 Å². The van der Waals surface area contributed by atoms with Crippen LogP contribution in [0.15, 0.2) is 18.2 Å². The maximum atomic E-state index is 13.7. The number of aryl methyl sites for hydroxylation is 2. The summed E-state index contributed by atoms with van der Waals surface area (Å²) in [5, 5.41) is 0. The highest BCUT2D eigenvalue weighted by Gasteiger charge is 2.29. The highest BCUT2D eigenvalue weighted by molar-refractivity contribution is 6.14. The number of rotatable bonds is 4. The number of halogens is 1. The Morgan fingerprint density at radius 2 is 1.76 bits per heavy atom. The van der Waals surface area contributed by atoms with Crippen LogP contribution in [0.2, 0.25) is 0 Å². The van der Waals surface area contributed by atoms with Crippen LogP contribution in [-0.4, -0.2) is 17.7 Å².